The maximum absolute atomic E-state index is 12.8. The number of rotatable bonds is 12. The van der Waals surface area contributed by atoms with Crippen LogP contribution >= 0.6 is 0 Å². The minimum atomic E-state index is -3.60. The van der Waals surface area contributed by atoms with E-state index in [2.05, 4.69) is 28.8 Å². The van der Waals surface area contributed by atoms with E-state index in [-0.39, 0.29) is 22.9 Å². The number of benzene rings is 2. The molecule has 0 fully saturated rings. The molecule has 0 aliphatic rings. The van der Waals surface area contributed by atoms with E-state index < -0.39 is 10.0 Å². The van der Waals surface area contributed by atoms with Crippen molar-refractivity contribution in [3.05, 3.63) is 59.7 Å². The van der Waals surface area contributed by atoms with Crippen LogP contribution in [0.4, 0.5) is 0 Å². The lowest BCUT2D eigenvalue weighted by Gasteiger charge is -2.30. The topological polar surface area (TPSA) is 87.7 Å². The van der Waals surface area contributed by atoms with Crippen molar-refractivity contribution in [2.24, 2.45) is 0 Å². The highest BCUT2D eigenvalue weighted by molar-refractivity contribution is 7.89. The number of sulfonamides is 1. The summed E-state index contributed by atoms with van der Waals surface area (Å²) in [4.78, 5) is 15.2. The summed E-state index contributed by atoms with van der Waals surface area (Å²) in [7, 11) is -1.97. The molecular weight excluding hydrogens is 426 g/mol. The Kier molecular flexibility index (Phi) is 9.68. The second kappa shape index (κ2) is 12.0. The van der Waals surface area contributed by atoms with Crippen LogP contribution in [0.15, 0.2) is 53.4 Å². The lowest BCUT2D eigenvalue weighted by Crippen LogP contribution is -2.38. The first-order valence-electron chi connectivity index (χ1n) is 11.0. The highest BCUT2D eigenvalue weighted by Crippen LogP contribution is 2.24. The zero-order valence-electron chi connectivity index (χ0n) is 19.6. The molecule has 0 aromatic heterocycles. The first kappa shape index (κ1) is 25.8. The third-order valence-electron chi connectivity index (χ3n) is 5.58. The Morgan fingerprint density at radius 1 is 1.06 bits per heavy atom. The number of ether oxygens (including phenoxy) is 1. The van der Waals surface area contributed by atoms with Crippen LogP contribution < -0.4 is 14.8 Å². The van der Waals surface area contributed by atoms with Gasteiger partial charge in [0.1, 0.15) is 5.75 Å². The van der Waals surface area contributed by atoms with Gasteiger partial charge >= 0.3 is 0 Å². The number of methoxy groups -OCH3 is 1. The van der Waals surface area contributed by atoms with Crippen LogP contribution in [0.25, 0.3) is 0 Å². The molecule has 0 saturated heterocycles. The molecule has 2 aromatic rings. The molecule has 2 unspecified atom stereocenters. The van der Waals surface area contributed by atoms with Gasteiger partial charge in [0.05, 0.1) is 18.0 Å². The smallest absolute Gasteiger partial charge is 0.251 e. The van der Waals surface area contributed by atoms with Crippen LogP contribution in [-0.2, 0) is 10.0 Å². The second-order valence-electron chi connectivity index (χ2n) is 7.68. The van der Waals surface area contributed by atoms with Crippen molar-refractivity contribution in [3.63, 3.8) is 0 Å². The number of nitrogens with zero attached hydrogens (tertiary/aromatic N) is 1. The van der Waals surface area contributed by atoms with Gasteiger partial charge < -0.3 is 10.1 Å². The molecule has 1 amide bonds. The van der Waals surface area contributed by atoms with E-state index in [1.165, 1.54) is 12.1 Å². The minimum Gasteiger partial charge on any atom is -0.497 e. The van der Waals surface area contributed by atoms with Crippen LogP contribution in [0.3, 0.4) is 0 Å². The van der Waals surface area contributed by atoms with Gasteiger partial charge in [0, 0.05) is 18.2 Å². The first-order chi connectivity index (χ1) is 15.2. The molecule has 0 bridgehead atoms. The highest BCUT2D eigenvalue weighted by Gasteiger charge is 2.21. The van der Waals surface area contributed by atoms with Gasteiger partial charge in [-0.1, -0.05) is 32.9 Å². The maximum Gasteiger partial charge on any atom is 0.251 e. The molecule has 0 aliphatic heterocycles. The van der Waals surface area contributed by atoms with E-state index in [9.17, 15) is 13.2 Å². The number of carbonyl (C=O) groups is 1. The normalized spacial score (nSPS) is 13.6. The van der Waals surface area contributed by atoms with Crippen molar-refractivity contribution >= 4 is 15.9 Å². The van der Waals surface area contributed by atoms with Gasteiger partial charge in [-0.3, -0.25) is 9.69 Å². The van der Waals surface area contributed by atoms with Crippen molar-refractivity contribution in [2.45, 2.75) is 51.1 Å². The Morgan fingerprint density at radius 2 is 1.72 bits per heavy atom. The predicted molar refractivity (Wildman–Crippen MR) is 128 cm³/mol. The number of hydrogen-bond donors (Lipinski definition) is 2. The predicted octanol–water partition coefficient (Wildman–Crippen LogP) is 3.58. The van der Waals surface area contributed by atoms with Crippen LogP contribution in [0.1, 0.15) is 56.1 Å². The molecule has 0 radical (unpaired) electrons. The standard InChI is InChI=1S/C24H35N3O4S/c1-6-18(4)26-32(29,30)22-14-12-19(13-15-22)24(28)25-17-23(27(7-2)8-3)20-10-9-11-21(16-20)31-5/h9-16,18,23,26H,6-8,17H2,1-5H3,(H,25,28). The van der Waals surface area contributed by atoms with Gasteiger partial charge in [-0.15, -0.1) is 0 Å². The maximum atomic E-state index is 12.8. The van der Waals surface area contributed by atoms with E-state index in [0.717, 1.165) is 24.4 Å². The van der Waals surface area contributed by atoms with Gasteiger partial charge in [0.25, 0.3) is 5.91 Å². The SMILES string of the molecule is CCC(C)NS(=O)(=O)c1ccc(C(=O)NCC(c2cccc(OC)c2)N(CC)CC)cc1. The molecule has 2 N–H and O–H groups in total. The quantitative estimate of drug-likeness (QED) is 0.504. The summed E-state index contributed by atoms with van der Waals surface area (Å²) in [6, 6.07) is 13.7. The molecule has 8 heteroatoms. The number of carbonyl (C=O) groups excluding carboxylic acids is 1. The summed E-state index contributed by atoms with van der Waals surface area (Å²) >= 11 is 0. The summed E-state index contributed by atoms with van der Waals surface area (Å²) < 4.78 is 32.8. The Bertz CT molecular complexity index is 973. The van der Waals surface area contributed by atoms with E-state index in [4.69, 9.17) is 4.74 Å². The zero-order chi connectivity index (χ0) is 23.7. The summed E-state index contributed by atoms with van der Waals surface area (Å²) in [6.07, 6.45) is 0.695. The second-order valence-corrected chi connectivity index (χ2v) is 9.39. The van der Waals surface area contributed by atoms with Crippen molar-refractivity contribution in [1.82, 2.24) is 14.9 Å². The van der Waals surface area contributed by atoms with E-state index >= 15 is 0 Å². The molecule has 2 atom stereocenters. The van der Waals surface area contributed by atoms with Crippen LogP contribution in [0, 0.1) is 0 Å². The van der Waals surface area contributed by atoms with Crippen molar-refractivity contribution in [3.8, 4) is 5.75 Å². The van der Waals surface area contributed by atoms with Crippen molar-refractivity contribution < 1.29 is 17.9 Å². The molecule has 32 heavy (non-hydrogen) atoms. The molecule has 2 aromatic carbocycles. The molecular formula is C24H35N3O4S. The summed E-state index contributed by atoms with van der Waals surface area (Å²) in [5.74, 6) is 0.526. The average Bonchev–Trinajstić information content (AvgIpc) is 2.81. The van der Waals surface area contributed by atoms with Gasteiger partial charge in [0.15, 0.2) is 0 Å². The number of amides is 1. The first-order valence-corrected chi connectivity index (χ1v) is 12.5. The molecule has 0 saturated carbocycles. The van der Waals surface area contributed by atoms with Gasteiger partial charge in [0.2, 0.25) is 10.0 Å². The Hall–Kier alpha value is -2.42. The minimum absolute atomic E-state index is 0.0107. The molecule has 176 valence electrons. The number of hydrogen-bond acceptors (Lipinski definition) is 5. The summed E-state index contributed by atoms with van der Waals surface area (Å²) in [5, 5.41) is 3.00. The lowest BCUT2D eigenvalue weighted by molar-refractivity contribution is 0.0935. The molecule has 0 spiro atoms. The van der Waals surface area contributed by atoms with Gasteiger partial charge in [-0.05, 0) is 68.4 Å². The fourth-order valence-electron chi connectivity index (χ4n) is 3.46. The molecule has 7 nitrogen and oxygen atoms in total. The van der Waals surface area contributed by atoms with E-state index in [0.29, 0.717) is 18.5 Å². The van der Waals surface area contributed by atoms with Crippen molar-refractivity contribution in [1.29, 1.82) is 0 Å². The Balaban J connectivity index is 2.14. The highest BCUT2D eigenvalue weighted by atomic mass is 32.2. The average molecular weight is 462 g/mol. The molecule has 2 rings (SSSR count). The fraction of sp³-hybridized carbons (Fsp3) is 0.458. The number of likely N-dealkylation sites (N-methyl/N-ethyl adjacent to an activating group) is 1. The summed E-state index contributed by atoms with van der Waals surface area (Å²) in [6.45, 7) is 10.00. The van der Waals surface area contributed by atoms with Crippen LogP contribution in [-0.4, -0.2) is 52.0 Å². The molecule has 0 aliphatic carbocycles. The van der Waals surface area contributed by atoms with Crippen LogP contribution in [0.2, 0.25) is 0 Å². The summed E-state index contributed by atoms with van der Waals surface area (Å²) in [5.41, 5.74) is 1.47. The van der Waals surface area contributed by atoms with Gasteiger partial charge in [-0.25, -0.2) is 13.1 Å². The third-order valence-corrected chi connectivity index (χ3v) is 7.19. The third kappa shape index (κ3) is 6.79. The fourth-order valence-corrected chi connectivity index (χ4v) is 4.79. The van der Waals surface area contributed by atoms with Crippen LogP contribution in [0.5, 0.6) is 5.75 Å². The van der Waals surface area contributed by atoms with Gasteiger partial charge in [-0.2, -0.15) is 0 Å². The van der Waals surface area contributed by atoms with E-state index in [1.54, 1.807) is 19.2 Å². The Labute approximate surface area is 192 Å². The Morgan fingerprint density at radius 3 is 2.28 bits per heavy atom. The monoisotopic (exact) mass is 461 g/mol. The molecule has 0 heterocycles. The van der Waals surface area contributed by atoms with E-state index in [1.807, 2.05) is 38.1 Å². The largest absolute Gasteiger partial charge is 0.497 e. The van der Waals surface area contributed by atoms with Crippen molar-refractivity contribution in [2.75, 3.05) is 26.7 Å². The zero-order valence-corrected chi connectivity index (χ0v) is 20.4. The number of nitrogens with one attached hydrogen (secondary N) is 2. The lowest BCUT2D eigenvalue weighted by atomic mass is 10.0.